The highest BCUT2D eigenvalue weighted by Crippen LogP contribution is 2.36. The van der Waals surface area contributed by atoms with Crippen LogP contribution in [-0.2, 0) is 11.3 Å². The molecule has 3 nitrogen and oxygen atoms in total. The monoisotopic (exact) mass is 278 g/mol. The maximum absolute atomic E-state index is 10.9. The van der Waals surface area contributed by atoms with Gasteiger partial charge in [-0.1, -0.05) is 12.1 Å². The number of hydrogen-bond acceptors (Lipinski definition) is 3. The summed E-state index contributed by atoms with van der Waals surface area (Å²) >= 11 is 2.08. The van der Waals surface area contributed by atoms with Crippen LogP contribution in [0.5, 0.6) is 0 Å². The van der Waals surface area contributed by atoms with Crippen molar-refractivity contribution >= 4 is 23.4 Å². The minimum absolute atomic E-state index is 0.0305. The third-order valence-electron chi connectivity index (χ3n) is 3.40. The van der Waals surface area contributed by atoms with Crippen molar-refractivity contribution in [3.63, 3.8) is 0 Å². The van der Waals surface area contributed by atoms with Crippen molar-refractivity contribution in [3.8, 4) is 0 Å². The molecule has 1 aromatic carbocycles. The summed E-state index contributed by atoms with van der Waals surface area (Å²) in [6, 6.07) is 8.01. The number of hydrogen-bond donors (Lipinski definition) is 2. The minimum atomic E-state index is -0.0305. The molecule has 0 saturated carbocycles. The van der Waals surface area contributed by atoms with E-state index in [-0.39, 0.29) is 5.91 Å². The summed E-state index contributed by atoms with van der Waals surface area (Å²) < 4.78 is 0.413. The number of anilines is 1. The maximum atomic E-state index is 10.9. The topological polar surface area (TPSA) is 41.1 Å². The fourth-order valence-electron chi connectivity index (χ4n) is 2.36. The number of benzene rings is 1. The number of carbonyl (C=O) groups excluding carboxylic acids is 1. The number of thioether (sulfide) groups is 1. The fraction of sp³-hybridized carbons (Fsp3) is 0.533. The van der Waals surface area contributed by atoms with Crippen LogP contribution >= 0.6 is 11.8 Å². The van der Waals surface area contributed by atoms with Crippen LogP contribution in [0.4, 0.5) is 5.69 Å². The molecule has 1 saturated heterocycles. The van der Waals surface area contributed by atoms with Crippen LogP contribution in [-0.4, -0.2) is 23.0 Å². The predicted molar refractivity (Wildman–Crippen MR) is 82.5 cm³/mol. The van der Waals surface area contributed by atoms with Gasteiger partial charge in [0.2, 0.25) is 5.91 Å². The summed E-state index contributed by atoms with van der Waals surface area (Å²) in [5, 5.41) is 6.31. The van der Waals surface area contributed by atoms with Gasteiger partial charge in [-0.05, 0) is 43.2 Å². The highest BCUT2D eigenvalue weighted by atomic mass is 32.2. The van der Waals surface area contributed by atoms with Crippen molar-refractivity contribution in [2.45, 2.75) is 38.0 Å². The van der Waals surface area contributed by atoms with E-state index in [4.69, 9.17) is 0 Å². The summed E-state index contributed by atoms with van der Waals surface area (Å²) in [5.74, 6) is 1.26. The van der Waals surface area contributed by atoms with E-state index in [1.54, 1.807) is 0 Å². The maximum Gasteiger partial charge on any atom is 0.221 e. The van der Waals surface area contributed by atoms with E-state index >= 15 is 0 Å². The Labute approximate surface area is 119 Å². The molecule has 1 unspecified atom stereocenters. The van der Waals surface area contributed by atoms with Gasteiger partial charge in [0.1, 0.15) is 0 Å². The van der Waals surface area contributed by atoms with Crippen molar-refractivity contribution in [2.75, 3.05) is 17.6 Å². The number of rotatable bonds is 5. The summed E-state index contributed by atoms with van der Waals surface area (Å²) in [7, 11) is 0. The second-order valence-electron chi connectivity index (χ2n) is 5.38. The molecule has 2 rings (SSSR count). The third kappa shape index (κ3) is 4.55. The van der Waals surface area contributed by atoms with Crippen LogP contribution in [0.2, 0.25) is 0 Å². The Kier molecular flexibility index (Phi) is 4.88. The van der Waals surface area contributed by atoms with Crippen molar-refractivity contribution < 1.29 is 4.79 Å². The zero-order valence-corrected chi connectivity index (χ0v) is 12.5. The molecule has 1 fully saturated rings. The highest BCUT2D eigenvalue weighted by Gasteiger charge is 2.28. The standard InChI is InChI=1S/C15H22N2OS/c1-12(18)17-14-6-4-13(5-7-14)10-16-11-15(2)8-3-9-19-15/h4-7,16H,3,8-11H2,1-2H3,(H,17,18). The van der Waals surface area contributed by atoms with Crippen molar-refractivity contribution in [1.82, 2.24) is 5.32 Å². The quantitative estimate of drug-likeness (QED) is 0.870. The second kappa shape index (κ2) is 6.44. The predicted octanol–water partition coefficient (Wildman–Crippen LogP) is 3.02. The van der Waals surface area contributed by atoms with Crippen LogP contribution in [0.3, 0.4) is 0 Å². The zero-order chi connectivity index (χ0) is 13.7. The van der Waals surface area contributed by atoms with E-state index < -0.39 is 0 Å². The molecule has 2 N–H and O–H groups in total. The van der Waals surface area contributed by atoms with Crippen molar-refractivity contribution in [1.29, 1.82) is 0 Å². The number of carbonyl (C=O) groups is 1. The van der Waals surface area contributed by atoms with Crippen LogP contribution in [0.1, 0.15) is 32.3 Å². The fourth-order valence-corrected chi connectivity index (χ4v) is 3.63. The van der Waals surface area contributed by atoms with Crippen molar-refractivity contribution in [2.24, 2.45) is 0 Å². The molecule has 0 bridgehead atoms. The molecule has 0 aromatic heterocycles. The normalized spacial score (nSPS) is 22.4. The Bertz CT molecular complexity index is 424. The smallest absolute Gasteiger partial charge is 0.221 e. The van der Waals surface area contributed by atoms with Gasteiger partial charge in [0.05, 0.1) is 0 Å². The molecule has 0 radical (unpaired) electrons. The molecule has 1 amide bonds. The van der Waals surface area contributed by atoms with Crippen LogP contribution in [0, 0.1) is 0 Å². The first kappa shape index (κ1) is 14.4. The lowest BCUT2D eigenvalue weighted by atomic mass is 10.1. The Hall–Kier alpha value is -1.00. The van der Waals surface area contributed by atoms with Crippen molar-refractivity contribution in [3.05, 3.63) is 29.8 Å². The molecule has 1 aromatic rings. The Morgan fingerprint density at radius 2 is 2.11 bits per heavy atom. The number of amides is 1. The number of nitrogens with one attached hydrogen (secondary N) is 2. The lowest BCUT2D eigenvalue weighted by molar-refractivity contribution is -0.114. The van der Waals surface area contributed by atoms with E-state index in [9.17, 15) is 4.79 Å². The van der Waals surface area contributed by atoms with Gasteiger partial charge in [-0.3, -0.25) is 4.79 Å². The molecule has 104 valence electrons. The summed E-state index contributed by atoms with van der Waals surface area (Å²) in [6.45, 7) is 5.81. The summed E-state index contributed by atoms with van der Waals surface area (Å²) in [4.78, 5) is 10.9. The lowest BCUT2D eigenvalue weighted by Crippen LogP contribution is -2.32. The highest BCUT2D eigenvalue weighted by molar-refractivity contribution is 8.00. The summed E-state index contributed by atoms with van der Waals surface area (Å²) in [6.07, 6.45) is 2.65. The second-order valence-corrected chi connectivity index (χ2v) is 7.07. The largest absolute Gasteiger partial charge is 0.326 e. The van der Waals surface area contributed by atoms with Crippen LogP contribution in [0.25, 0.3) is 0 Å². The third-order valence-corrected chi connectivity index (χ3v) is 4.94. The first-order valence-corrected chi connectivity index (χ1v) is 7.77. The van der Waals surface area contributed by atoms with Gasteiger partial charge in [-0.15, -0.1) is 0 Å². The SMILES string of the molecule is CC(=O)Nc1ccc(CNCC2(C)CCCS2)cc1. The van der Waals surface area contributed by atoms with E-state index in [2.05, 4.69) is 41.5 Å². The Morgan fingerprint density at radius 1 is 1.37 bits per heavy atom. The van der Waals surface area contributed by atoms with Gasteiger partial charge < -0.3 is 10.6 Å². The molecular formula is C15H22N2OS. The zero-order valence-electron chi connectivity index (χ0n) is 11.7. The molecule has 1 atom stereocenters. The molecule has 0 spiro atoms. The molecule has 0 aliphatic carbocycles. The average molecular weight is 278 g/mol. The van der Waals surface area contributed by atoms with E-state index in [1.807, 2.05) is 12.1 Å². The van der Waals surface area contributed by atoms with Gasteiger partial charge in [-0.2, -0.15) is 11.8 Å². The average Bonchev–Trinajstić information content (AvgIpc) is 2.78. The van der Waals surface area contributed by atoms with Crippen LogP contribution < -0.4 is 10.6 Å². The molecule has 4 heteroatoms. The van der Waals surface area contributed by atoms with Gasteiger partial charge in [0.25, 0.3) is 0 Å². The Morgan fingerprint density at radius 3 is 2.68 bits per heavy atom. The van der Waals surface area contributed by atoms with E-state index in [0.29, 0.717) is 4.75 Å². The Balaban J connectivity index is 1.78. The first-order chi connectivity index (χ1) is 9.07. The molecule has 1 aliphatic rings. The minimum Gasteiger partial charge on any atom is -0.326 e. The molecule has 1 heterocycles. The molecule has 19 heavy (non-hydrogen) atoms. The molecule has 1 aliphatic heterocycles. The molecular weight excluding hydrogens is 256 g/mol. The van der Waals surface area contributed by atoms with Gasteiger partial charge in [0.15, 0.2) is 0 Å². The summed E-state index contributed by atoms with van der Waals surface area (Å²) in [5.41, 5.74) is 2.11. The van der Waals surface area contributed by atoms with E-state index in [0.717, 1.165) is 18.8 Å². The van der Waals surface area contributed by atoms with Gasteiger partial charge in [0, 0.05) is 30.4 Å². The van der Waals surface area contributed by atoms with Crippen LogP contribution in [0.15, 0.2) is 24.3 Å². The first-order valence-electron chi connectivity index (χ1n) is 6.79. The van der Waals surface area contributed by atoms with Gasteiger partial charge in [-0.25, -0.2) is 0 Å². The lowest BCUT2D eigenvalue weighted by Gasteiger charge is -2.23. The van der Waals surface area contributed by atoms with E-state index in [1.165, 1.54) is 31.1 Å². The van der Waals surface area contributed by atoms with Gasteiger partial charge >= 0.3 is 0 Å².